The normalized spacial score (nSPS) is 15.0. The maximum Gasteiger partial charge on any atom is 0.259 e. The van der Waals surface area contributed by atoms with E-state index >= 15 is 0 Å². The lowest BCUT2D eigenvalue weighted by atomic mass is 9.72. The van der Waals surface area contributed by atoms with Crippen LogP contribution in [0.3, 0.4) is 0 Å². The molecule has 5 rings (SSSR count). The zero-order chi connectivity index (χ0) is 29.0. The van der Waals surface area contributed by atoms with Gasteiger partial charge in [-0.3, -0.25) is 4.79 Å². The molecular weight excluding hydrogens is 552 g/mol. The highest BCUT2D eigenvalue weighted by Crippen LogP contribution is 2.45. The minimum atomic E-state index is -0.131. The second-order valence-electron chi connectivity index (χ2n) is 11.4. The molecule has 1 aliphatic carbocycles. The number of ether oxygens (including phenoxy) is 2. The predicted octanol–water partition coefficient (Wildman–Crippen LogP) is 9.14. The molecule has 1 amide bonds. The van der Waals surface area contributed by atoms with Crippen molar-refractivity contribution >= 4 is 45.7 Å². The molecule has 5 nitrogen and oxygen atoms in total. The number of fused-ring (bicyclic) bond motifs is 1. The monoisotopic (exact) mass is 586 g/mol. The van der Waals surface area contributed by atoms with Crippen molar-refractivity contribution in [3.05, 3.63) is 105 Å². The summed E-state index contributed by atoms with van der Waals surface area (Å²) < 4.78 is 11.2. The van der Waals surface area contributed by atoms with Gasteiger partial charge in [0.25, 0.3) is 5.91 Å². The van der Waals surface area contributed by atoms with Crippen molar-refractivity contribution in [1.29, 1.82) is 0 Å². The molecular formula is C34H35ClN2O3S. The number of carbonyl (C=O) groups excluding carboxylic acids is 1. The molecule has 1 N–H and O–H groups in total. The van der Waals surface area contributed by atoms with Gasteiger partial charge in [0, 0.05) is 21.8 Å². The summed E-state index contributed by atoms with van der Waals surface area (Å²) in [5, 5.41) is 4.43. The Labute approximate surface area is 251 Å². The van der Waals surface area contributed by atoms with E-state index in [1.165, 1.54) is 4.88 Å². The quantitative estimate of drug-likeness (QED) is 0.209. The second-order valence-corrected chi connectivity index (χ2v) is 12.9. The number of nitrogens with zero attached hydrogens (tertiary/aromatic N) is 1. The SMILES string of the molecule is COc1ccc(COc2ccc(C=Nc3sc4c(c3C(=O)Nc3ccc(Cl)cc3)CC[C@H](C(C)(C)C)C4)cc2)cc1. The van der Waals surface area contributed by atoms with Crippen LogP contribution in [-0.2, 0) is 19.4 Å². The van der Waals surface area contributed by atoms with Gasteiger partial charge in [-0.05, 0) is 108 Å². The van der Waals surface area contributed by atoms with Crippen LogP contribution in [-0.4, -0.2) is 19.2 Å². The van der Waals surface area contributed by atoms with Crippen molar-refractivity contribution in [1.82, 2.24) is 0 Å². The molecule has 41 heavy (non-hydrogen) atoms. The molecule has 4 aromatic rings. The molecule has 0 spiro atoms. The Kier molecular flexibility index (Phi) is 8.81. The Morgan fingerprint density at radius 2 is 1.71 bits per heavy atom. The molecule has 0 bridgehead atoms. The summed E-state index contributed by atoms with van der Waals surface area (Å²) in [6.45, 7) is 7.37. The minimum Gasteiger partial charge on any atom is -0.497 e. The molecule has 1 atom stereocenters. The van der Waals surface area contributed by atoms with Gasteiger partial charge in [0.1, 0.15) is 23.1 Å². The van der Waals surface area contributed by atoms with E-state index in [1.807, 2.05) is 66.9 Å². The number of nitrogens with one attached hydrogen (secondary N) is 1. The van der Waals surface area contributed by atoms with Crippen LogP contribution in [0.15, 0.2) is 77.8 Å². The van der Waals surface area contributed by atoms with Crippen molar-refractivity contribution in [3.8, 4) is 11.5 Å². The number of amides is 1. The first kappa shape index (κ1) is 28.9. The topological polar surface area (TPSA) is 59.9 Å². The van der Waals surface area contributed by atoms with Crippen LogP contribution in [0.1, 0.15) is 59.1 Å². The number of hydrogen-bond donors (Lipinski definition) is 1. The Hall–Kier alpha value is -3.61. The standard InChI is InChI=1S/C34H35ClN2O3S/c1-34(2,3)24-9-18-29-30(19-24)41-33(31(29)32(38)37-26-12-10-25(35)11-13-26)36-20-22-5-16-28(17-6-22)40-21-23-7-14-27(39-4)15-8-23/h5-8,10-17,20,24H,9,18-19,21H2,1-4H3,(H,37,38)/t24-/m0/s1. The van der Waals surface area contributed by atoms with E-state index in [0.717, 1.165) is 52.5 Å². The number of benzene rings is 3. The lowest BCUT2D eigenvalue weighted by Crippen LogP contribution is -2.27. The van der Waals surface area contributed by atoms with Crippen LogP contribution >= 0.6 is 22.9 Å². The van der Waals surface area contributed by atoms with E-state index < -0.39 is 0 Å². The predicted molar refractivity (Wildman–Crippen MR) is 170 cm³/mol. The number of hydrogen-bond acceptors (Lipinski definition) is 5. The number of aliphatic imine (C=N–C) groups is 1. The molecule has 3 aromatic carbocycles. The van der Waals surface area contributed by atoms with Crippen molar-refractivity contribution in [2.75, 3.05) is 12.4 Å². The van der Waals surface area contributed by atoms with Gasteiger partial charge in [-0.2, -0.15) is 0 Å². The highest BCUT2D eigenvalue weighted by molar-refractivity contribution is 7.16. The van der Waals surface area contributed by atoms with E-state index in [-0.39, 0.29) is 11.3 Å². The zero-order valence-electron chi connectivity index (χ0n) is 23.9. The van der Waals surface area contributed by atoms with Crippen LogP contribution in [0.25, 0.3) is 0 Å². The summed E-state index contributed by atoms with van der Waals surface area (Å²) in [5.41, 5.74) is 4.75. The Balaban J connectivity index is 1.34. The number of anilines is 1. The average Bonchev–Trinajstić information content (AvgIpc) is 3.34. The van der Waals surface area contributed by atoms with Crippen molar-refractivity contribution in [2.24, 2.45) is 16.3 Å². The minimum absolute atomic E-state index is 0.131. The molecule has 0 aliphatic heterocycles. The van der Waals surface area contributed by atoms with E-state index in [0.29, 0.717) is 28.8 Å². The number of rotatable bonds is 8. The molecule has 0 unspecified atom stereocenters. The molecule has 7 heteroatoms. The Bertz CT molecular complexity index is 1520. The summed E-state index contributed by atoms with van der Waals surface area (Å²) in [4.78, 5) is 19.7. The fourth-order valence-corrected chi connectivity index (χ4v) is 6.43. The Morgan fingerprint density at radius 1 is 1.02 bits per heavy atom. The van der Waals surface area contributed by atoms with Crippen LogP contribution in [0.5, 0.6) is 11.5 Å². The van der Waals surface area contributed by atoms with Gasteiger partial charge in [-0.15, -0.1) is 11.3 Å². The summed E-state index contributed by atoms with van der Waals surface area (Å²) in [6, 6.07) is 22.8. The first-order valence-electron chi connectivity index (χ1n) is 13.8. The Morgan fingerprint density at radius 3 is 2.37 bits per heavy atom. The number of halogens is 1. The largest absolute Gasteiger partial charge is 0.497 e. The average molecular weight is 587 g/mol. The molecule has 0 saturated carbocycles. The third-order valence-corrected chi connectivity index (χ3v) is 8.99. The molecule has 1 aromatic heterocycles. The van der Waals surface area contributed by atoms with Crippen LogP contribution < -0.4 is 14.8 Å². The first-order chi connectivity index (χ1) is 19.7. The fourth-order valence-electron chi connectivity index (χ4n) is 5.03. The maximum atomic E-state index is 13.6. The molecule has 1 aliphatic rings. The van der Waals surface area contributed by atoms with Crippen LogP contribution in [0.4, 0.5) is 10.7 Å². The van der Waals surface area contributed by atoms with Crippen molar-refractivity contribution in [3.63, 3.8) is 0 Å². The fraction of sp³-hybridized carbons (Fsp3) is 0.294. The number of methoxy groups -OCH3 is 1. The third-order valence-electron chi connectivity index (χ3n) is 7.58. The van der Waals surface area contributed by atoms with Gasteiger partial charge >= 0.3 is 0 Å². The molecule has 212 valence electrons. The number of carbonyl (C=O) groups is 1. The first-order valence-corrected chi connectivity index (χ1v) is 15.0. The molecule has 0 fully saturated rings. The van der Waals surface area contributed by atoms with Crippen molar-refractivity contribution in [2.45, 2.75) is 46.6 Å². The molecule has 1 heterocycles. The molecule has 0 radical (unpaired) electrons. The van der Waals surface area contributed by atoms with Gasteiger partial charge in [0.05, 0.1) is 12.7 Å². The summed E-state index contributed by atoms with van der Waals surface area (Å²) in [5.74, 6) is 2.04. The van der Waals surface area contributed by atoms with E-state index in [9.17, 15) is 4.79 Å². The van der Waals surface area contributed by atoms with E-state index in [2.05, 4.69) is 26.1 Å². The zero-order valence-corrected chi connectivity index (χ0v) is 25.4. The van der Waals surface area contributed by atoms with Crippen LogP contribution in [0, 0.1) is 11.3 Å². The van der Waals surface area contributed by atoms with Gasteiger partial charge in [-0.1, -0.05) is 44.5 Å². The second kappa shape index (κ2) is 12.5. The van der Waals surface area contributed by atoms with E-state index in [1.54, 1.807) is 30.6 Å². The number of thiophene rings is 1. The highest BCUT2D eigenvalue weighted by Gasteiger charge is 2.33. The van der Waals surface area contributed by atoms with Gasteiger partial charge in [-0.25, -0.2) is 4.99 Å². The summed E-state index contributed by atoms with van der Waals surface area (Å²) in [6.07, 6.45) is 4.74. The van der Waals surface area contributed by atoms with Crippen LogP contribution in [0.2, 0.25) is 5.02 Å². The third kappa shape index (κ3) is 7.19. The summed E-state index contributed by atoms with van der Waals surface area (Å²) >= 11 is 7.68. The lowest BCUT2D eigenvalue weighted by Gasteiger charge is -2.33. The van der Waals surface area contributed by atoms with Crippen molar-refractivity contribution < 1.29 is 14.3 Å². The van der Waals surface area contributed by atoms with Gasteiger partial charge in [0.2, 0.25) is 0 Å². The summed E-state index contributed by atoms with van der Waals surface area (Å²) in [7, 11) is 1.66. The lowest BCUT2D eigenvalue weighted by molar-refractivity contribution is 0.102. The maximum absolute atomic E-state index is 13.6. The molecule has 0 saturated heterocycles. The highest BCUT2D eigenvalue weighted by atomic mass is 35.5. The van der Waals surface area contributed by atoms with Gasteiger partial charge < -0.3 is 14.8 Å². The van der Waals surface area contributed by atoms with Gasteiger partial charge in [0.15, 0.2) is 0 Å². The van der Waals surface area contributed by atoms with E-state index in [4.69, 9.17) is 26.1 Å². The smallest absolute Gasteiger partial charge is 0.259 e.